The molecule has 1 rings (SSSR count). The fraction of sp³-hybridized carbons (Fsp3) is 0.462. The summed E-state index contributed by atoms with van der Waals surface area (Å²) in [5.41, 5.74) is 7.81. The molecule has 0 spiro atoms. The number of hydrogen-bond donors (Lipinski definition) is 1. The minimum absolute atomic E-state index is 0.276. The van der Waals surface area contributed by atoms with Gasteiger partial charge in [-0.1, -0.05) is 24.3 Å². The van der Waals surface area contributed by atoms with Gasteiger partial charge >= 0.3 is 6.09 Å². The Morgan fingerprint density at radius 2 is 1.94 bits per heavy atom. The van der Waals surface area contributed by atoms with Gasteiger partial charge in [-0.2, -0.15) is 0 Å². The maximum absolute atomic E-state index is 11.7. The molecule has 1 aromatic rings. The molecule has 0 heterocycles. The van der Waals surface area contributed by atoms with Crippen molar-refractivity contribution in [3.8, 4) is 0 Å². The number of nitrogens with zero attached hydrogens (tertiary/aromatic N) is 1. The third-order valence-electron chi connectivity index (χ3n) is 2.61. The predicted octanol–water partition coefficient (Wildman–Crippen LogP) is 2.12. The molecule has 0 aliphatic heterocycles. The SMILES string of the molecule is CCOC(=O)N(CC)Cc1ccccc1CN. The van der Waals surface area contributed by atoms with Crippen LogP contribution in [-0.4, -0.2) is 24.1 Å². The van der Waals surface area contributed by atoms with Gasteiger partial charge in [-0.05, 0) is 25.0 Å². The van der Waals surface area contributed by atoms with Gasteiger partial charge in [-0.15, -0.1) is 0 Å². The molecule has 0 aliphatic rings. The zero-order chi connectivity index (χ0) is 12.7. The topological polar surface area (TPSA) is 55.6 Å². The second-order valence-corrected chi connectivity index (χ2v) is 3.69. The van der Waals surface area contributed by atoms with Gasteiger partial charge < -0.3 is 15.4 Å². The van der Waals surface area contributed by atoms with Gasteiger partial charge in [-0.3, -0.25) is 0 Å². The van der Waals surface area contributed by atoms with Crippen LogP contribution in [0.1, 0.15) is 25.0 Å². The third-order valence-corrected chi connectivity index (χ3v) is 2.61. The minimum atomic E-state index is -0.276. The zero-order valence-electron chi connectivity index (χ0n) is 10.5. The molecule has 0 unspecified atom stereocenters. The number of amides is 1. The van der Waals surface area contributed by atoms with Crippen molar-refractivity contribution in [1.29, 1.82) is 0 Å². The summed E-state index contributed by atoms with van der Waals surface area (Å²) >= 11 is 0. The summed E-state index contributed by atoms with van der Waals surface area (Å²) in [6.45, 7) is 5.78. The molecule has 1 amide bonds. The molecule has 0 saturated carbocycles. The maximum atomic E-state index is 11.7. The lowest BCUT2D eigenvalue weighted by molar-refractivity contribution is 0.106. The van der Waals surface area contributed by atoms with E-state index in [1.807, 2.05) is 31.2 Å². The third kappa shape index (κ3) is 3.75. The molecule has 0 atom stereocenters. The largest absolute Gasteiger partial charge is 0.450 e. The normalized spacial score (nSPS) is 10.1. The Labute approximate surface area is 102 Å². The van der Waals surface area contributed by atoms with E-state index in [2.05, 4.69) is 0 Å². The van der Waals surface area contributed by atoms with Crippen LogP contribution in [0.5, 0.6) is 0 Å². The number of ether oxygens (including phenoxy) is 1. The lowest BCUT2D eigenvalue weighted by Crippen LogP contribution is -2.31. The van der Waals surface area contributed by atoms with Crippen molar-refractivity contribution < 1.29 is 9.53 Å². The maximum Gasteiger partial charge on any atom is 0.410 e. The first-order chi connectivity index (χ1) is 8.22. The first-order valence-corrected chi connectivity index (χ1v) is 5.91. The second kappa shape index (κ2) is 6.91. The van der Waals surface area contributed by atoms with Crippen LogP contribution >= 0.6 is 0 Å². The van der Waals surface area contributed by atoms with Crippen LogP contribution in [0.25, 0.3) is 0 Å². The van der Waals surface area contributed by atoms with E-state index < -0.39 is 0 Å². The monoisotopic (exact) mass is 236 g/mol. The highest BCUT2D eigenvalue weighted by atomic mass is 16.6. The van der Waals surface area contributed by atoms with Gasteiger partial charge in [0.25, 0.3) is 0 Å². The van der Waals surface area contributed by atoms with Crippen LogP contribution in [0.4, 0.5) is 4.79 Å². The Kier molecular flexibility index (Phi) is 5.49. The van der Waals surface area contributed by atoms with Gasteiger partial charge in [0.15, 0.2) is 0 Å². The summed E-state index contributed by atoms with van der Waals surface area (Å²) in [6, 6.07) is 7.87. The molecule has 0 radical (unpaired) electrons. The van der Waals surface area contributed by atoms with Crippen LogP contribution in [0, 0.1) is 0 Å². The highest BCUT2D eigenvalue weighted by Gasteiger charge is 2.13. The summed E-state index contributed by atoms with van der Waals surface area (Å²) in [5, 5.41) is 0. The van der Waals surface area contributed by atoms with Crippen molar-refractivity contribution in [2.24, 2.45) is 5.73 Å². The average Bonchev–Trinajstić information content (AvgIpc) is 2.36. The molecular formula is C13H20N2O2. The molecule has 2 N–H and O–H groups in total. The molecule has 4 nitrogen and oxygen atoms in total. The second-order valence-electron chi connectivity index (χ2n) is 3.69. The van der Waals surface area contributed by atoms with E-state index in [4.69, 9.17) is 10.5 Å². The van der Waals surface area contributed by atoms with Gasteiger partial charge in [0, 0.05) is 19.6 Å². The molecule has 0 aliphatic carbocycles. The highest BCUT2D eigenvalue weighted by molar-refractivity contribution is 5.67. The number of nitrogens with two attached hydrogens (primary N) is 1. The molecule has 0 fully saturated rings. The van der Waals surface area contributed by atoms with E-state index in [1.54, 1.807) is 11.8 Å². The molecule has 0 aromatic heterocycles. The van der Waals surface area contributed by atoms with Gasteiger partial charge in [0.05, 0.1) is 6.61 Å². The number of carbonyl (C=O) groups excluding carboxylic acids is 1. The average molecular weight is 236 g/mol. The Morgan fingerprint density at radius 1 is 1.29 bits per heavy atom. The standard InChI is InChI=1S/C13H20N2O2/c1-3-15(13(16)17-4-2)10-12-8-6-5-7-11(12)9-14/h5-8H,3-4,9-10,14H2,1-2H3. The molecular weight excluding hydrogens is 216 g/mol. The van der Waals surface area contributed by atoms with E-state index in [0.717, 1.165) is 11.1 Å². The van der Waals surface area contributed by atoms with Crippen LogP contribution in [-0.2, 0) is 17.8 Å². The highest BCUT2D eigenvalue weighted by Crippen LogP contribution is 2.11. The van der Waals surface area contributed by atoms with Gasteiger partial charge in [0.1, 0.15) is 0 Å². The van der Waals surface area contributed by atoms with Gasteiger partial charge in [0.2, 0.25) is 0 Å². The van der Waals surface area contributed by atoms with Crippen molar-refractivity contribution >= 4 is 6.09 Å². The summed E-state index contributed by atoms with van der Waals surface area (Å²) in [4.78, 5) is 13.3. The van der Waals surface area contributed by atoms with E-state index in [9.17, 15) is 4.79 Å². The van der Waals surface area contributed by atoms with Crippen molar-refractivity contribution in [3.05, 3.63) is 35.4 Å². The van der Waals surface area contributed by atoms with Crippen LogP contribution in [0.15, 0.2) is 24.3 Å². The van der Waals surface area contributed by atoms with E-state index in [-0.39, 0.29) is 6.09 Å². The van der Waals surface area contributed by atoms with Crippen molar-refractivity contribution in [2.45, 2.75) is 26.9 Å². The predicted molar refractivity (Wildman–Crippen MR) is 67.4 cm³/mol. The Hall–Kier alpha value is -1.55. The number of rotatable bonds is 5. The molecule has 1 aromatic carbocycles. The minimum Gasteiger partial charge on any atom is -0.450 e. The number of carbonyl (C=O) groups is 1. The molecule has 4 heteroatoms. The van der Waals surface area contributed by atoms with Gasteiger partial charge in [-0.25, -0.2) is 4.79 Å². The van der Waals surface area contributed by atoms with Crippen LogP contribution in [0.2, 0.25) is 0 Å². The summed E-state index contributed by atoms with van der Waals surface area (Å²) in [5.74, 6) is 0. The van der Waals surface area contributed by atoms with E-state index in [1.165, 1.54) is 0 Å². The molecule has 0 bridgehead atoms. The summed E-state index contributed by atoms with van der Waals surface area (Å²) in [7, 11) is 0. The van der Waals surface area contributed by atoms with E-state index >= 15 is 0 Å². The first-order valence-electron chi connectivity index (χ1n) is 5.91. The van der Waals surface area contributed by atoms with Crippen LogP contribution < -0.4 is 5.73 Å². The zero-order valence-corrected chi connectivity index (χ0v) is 10.5. The Bertz CT molecular complexity index is 366. The Balaban J connectivity index is 2.76. The lowest BCUT2D eigenvalue weighted by Gasteiger charge is -2.21. The summed E-state index contributed by atoms with van der Waals surface area (Å²) in [6.07, 6.45) is -0.276. The number of benzene rings is 1. The molecule has 94 valence electrons. The molecule has 0 saturated heterocycles. The quantitative estimate of drug-likeness (QED) is 0.852. The lowest BCUT2D eigenvalue weighted by atomic mass is 10.1. The Morgan fingerprint density at radius 3 is 2.47 bits per heavy atom. The molecule has 17 heavy (non-hydrogen) atoms. The van der Waals surface area contributed by atoms with Crippen LogP contribution in [0.3, 0.4) is 0 Å². The van der Waals surface area contributed by atoms with Crippen molar-refractivity contribution in [3.63, 3.8) is 0 Å². The fourth-order valence-electron chi connectivity index (χ4n) is 1.64. The number of hydrogen-bond acceptors (Lipinski definition) is 3. The summed E-state index contributed by atoms with van der Waals surface area (Å²) < 4.78 is 5.00. The first kappa shape index (κ1) is 13.5. The fourth-order valence-corrected chi connectivity index (χ4v) is 1.64. The van der Waals surface area contributed by atoms with Crippen molar-refractivity contribution in [1.82, 2.24) is 4.90 Å². The van der Waals surface area contributed by atoms with E-state index in [0.29, 0.717) is 26.2 Å². The van der Waals surface area contributed by atoms with Crippen molar-refractivity contribution in [2.75, 3.05) is 13.2 Å². The smallest absolute Gasteiger partial charge is 0.410 e.